The monoisotopic (exact) mass is 346 g/mol. The molecule has 0 radical (unpaired) electrons. The second kappa shape index (κ2) is 6.27. The summed E-state index contributed by atoms with van der Waals surface area (Å²) in [6, 6.07) is 1.99. The number of nitrogens with zero attached hydrogens (tertiary/aromatic N) is 1. The smallest absolute Gasteiger partial charge is 0.340 e. The van der Waals surface area contributed by atoms with Gasteiger partial charge < -0.3 is 5.32 Å². The van der Waals surface area contributed by atoms with Gasteiger partial charge in [0.1, 0.15) is 10.8 Å². The highest BCUT2D eigenvalue weighted by molar-refractivity contribution is 7.09. The lowest BCUT2D eigenvalue weighted by atomic mass is 9.98. The third-order valence-electron chi connectivity index (χ3n) is 3.53. The van der Waals surface area contributed by atoms with Crippen molar-refractivity contribution in [2.75, 3.05) is 0 Å². The molecule has 1 amide bonds. The molecule has 0 aliphatic rings. The van der Waals surface area contributed by atoms with Crippen LogP contribution < -0.4 is 5.32 Å². The molecule has 0 bridgehead atoms. The summed E-state index contributed by atoms with van der Waals surface area (Å²) in [5, 5.41) is 4.88. The number of thiazole rings is 1. The Morgan fingerprint density at radius 1 is 1.35 bits per heavy atom. The third-order valence-corrected chi connectivity index (χ3v) is 4.57. The van der Waals surface area contributed by atoms with E-state index in [1.165, 1.54) is 11.3 Å². The minimum absolute atomic E-state index is 0.321. The zero-order valence-corrected chi connectivity index (χ0v) is 13.2. The predicted molar refractivity (Wildman–Crippen MR) is 78.6 cm³/mol. The number of rotatable bonds is 4. The quantitative estimate of drug-likeness (QED) is 0.836. The predicted octanol–water partition coefficient (Wildman–Crippen LogP) is 4.36. The first-order valence-electron chi connectivity index (χ1n) is 6.76. The summed E-state index contributed by atoms with van der Waals surface area (Å²) < 4.78 is 52.2. The van der Waals surface area contributed by atoms with Crippen LogP contribution in [-0.4, -0.2) is 10.9 Å². The molecule has 2 aromatic rings. The highest BCUT2D eigenvalue weighted by atomic mass is 32.1. The van der Waals surface area contributed by atoms with Gasteiger partial charge in [0.05, 0.1) is 16.7 Å². The molecule has 0 aliphatic carbocycles. The lowest BCUT2D eigenvalue weighted by molar-refractivity contribution is -0.138. The Hall–Kier alpha value is -1.96. The van der Waals surface area contributed by atoms with E-state index in [1.54, 1.807) is 25.4 Å². The van der Waals surface area contributed by atoms with Crippen LogP contribution >= 0.6 is 11.3 Å². The van der Waals surface area contributed by atoms with Gasteiger partial charge in [0, 0.05) is 11.6 Å². The number of benzene rings is 1. The van der Waals surface area contributed by atoms with E-state index < -0.39 is 34.6 Å². The molecule has 0 saturated carbocycles. The minimum atomic E-state index is -4.82. The maximum absolute atomic E-state index is 13.1. The van der Waals surface area contributed by atoms with Crippen LogP contribution in [0.1, 0.15) is 41.2 Å². The van der Waals surface area contributed by atoms with Gasteiger partial charge in [-0.25, -0.2) is 9.37 Å². The molecule has 0 spiro atoms. The number of amides is 1. The van der Waals surface area contributed by atoms with Crippen LogP contribution in [0.4, 0.5) is 17.6 Å². The summed E-state index contributed by atoms with van der Waals surface area (Å²) in [7, 11) is 0. The number of aromatic nitrogens is 1. The van der Waals surface area contributed by atoms with Crippen LogP contribution in [-0.2, 0) is 11.7 Å². The molecular weight excluding hydrogens is 332 g/mol. The van der Waals surface area contributed by atoms with Crippen LogP contribution in [0.2, 0.25) is 0 Å². The summed E-state index contributed by atoms with van der Waals surface area (Å²) in [5.74, 6) is -1.97. The molecule has 2 rings (SSSR count). The fourth-order valence-corrected chi connectivity index (χ4v) is 2.88. The van der Waals surface area contributed by atoms with E-state index in [2.05, 4.69) is 10.3 Å². The summed E-state index contributed by atoms with van der Waals surface area (Å²) in [4.78, 5) is 16.4. The van der Waals surface area contributed by atoms with Crippen LogP contribution in [0, 0.1) is 5.82 Å². The standard InChI is InChI=1S/C15H14F4N2OS/c1-3-14(2,13-20-6-7-23-13)21-12(22)10-5-4-9(16)8-11(10)15(17,18)19/h4-8H,3H2,1-2H3,(H,21,22). The van der Waals surface area contributed by atoms with Gasteiger partial charge in [-0.1, -0.05) is 6.92 Å². The van der Waals surface area contributed by atoms with E-state index in [4.69, 9.17) is 0 Å². The Balaban J connectivity index is 2.38. The van der Waals surface area contributed by atoms with Crippen molar-refractivity contribution in [2.24, 2.45) is 0 Å². The largest absolute Gasteiger partial charge is 0.417 e. The third kappa shape index (κ3) is 3.69. The van der Waals surface area contributed by atoms with Gasteiger partial charge in [0.15, 0.2) is 0 Å². The Bertz CT molecular complexity index is 700. The SMILES string of the molecule is CCC(C)(NC(=O)c1ccc(F)cc1C(F)(F)F)c1nccs1. The maximum Gasteiger partial charge on any atom is 0.417 e. The topological polar surface area (TPSA) is 42.0 Å². The summed E-state index contributed by atoms with van der Waals surface area (Å²) in [6.45, 7) is 3.47. The van der Waals surface area contributed by atoms with Gasteiger partial charge in [-0.05, 0) is 31.5 Å². The Morgan fingerprint density at radius 3 is 2.57 bits per heavy atom. The van der Waals surface area contributed by atoms with Crippen molar-refractivity contribution >= 4 is 17.2 Å². The van der Waals surface area contributed by atoms with E-state index in [-0.39, 0.29) is 0 Å². The molecule has 1 atom stereocenters. The van der Waals surface area contributed by atoms with Gasteiger partial charge in [-0.2, -0.15) is 13.2 Å². The molecule has 8 heteroatoms. The van der Waals surface area contributed by atoms with Crippen molar-refractivity contribution in [3.05, 3.63) is 51.7 Å². The molecule has 3 nitrogen and oxygen atoms in total. The lowest BCUT2D eigenvalue weighted by Gasteiger charge is -2.28. The van der Waals surface area contributed by atoms with Crippen LogP contribution in [0.25, 0.3) is 0 Å². The van der Waals surface area contributed by atoms with E-state index in [0.29, 0.717) is 17.5 Å². The summed E-state index contributed by atoms with van der Waals surface area (Å²) in [6.07, 6.45) is -2.83. The molecule has 124 valence electrons. The molecule has 0 saturated heterocycles. The molecule has 0 aliphatic heterocycles. The van der Waals surface area contributed by atoms with Crippen molar-refractivity contribution < 1.29 is 22.4 Å². The van der Waals surface area contributed by atoms with Crippen molar-refractivity contribution in [3.63, 3.8) is 0 Å². The van der Waals surface area contributed by atoms with Crippen LogP contribution in [0.3, 0.4) is 0 Å². The maximum atomic E-state index is 13.1. The molecule has 1 unspecified atom stereocenters. The molecule has 23 heavy (non-hydrogen) atoms. The van der Waals surface area contributed by atoms with Gasteiger partial charge in [-0.3, -0.25) is 4.79 Å². The molecule has 1 aromatic heterocycles. The minimum Gasteiger partial charge on any atom is -0.340 e. The number of carbonyl (C=O) groups is 1. The van der Waals surface area contributed by atoms with E-state index in [9.17, 15) is 22.4 Å². The Morgan fingerprint density at radius 2 is 2.04 bits per heavy atom. The molecule has 1 aromatic carbocycles. The second-order valence-electron chi connectivity index (χ2n) is 5.16. The fourth-order valence-electron chi connectivity index (χ4n) is 2.06. The van der Waals surface area contributed by atoms with E-state index >= 15 is 0 Å². The summed E-state index contributed by atoms with van der Waals surface area (Å²) in [5.41, 5.74) is -2.81. The van der Waals surface area contributed by atoms with Gasteiger partial charge in [0.25, 0.3) is 5.91 Å². The first-order chi connectivity index (χ1) is 10.7. The molecule has 0 fully saturated rings. The highest BCUT2D eigenvalue weighted by Crippen LogP contribution is 2.33. The fraction of sp³-hybridized carbons (Fsp3) is 0.333. The van der Waals surface area contributed by atoms with E-state index in [0.717, 1.165) is 12.1 Å². The number of halogens is 4. The Kier molecular flexibility index (Phi) is 4.74. The second-order valence-corrected chi connectivity index (χ2v) is 6.06. The van der Waals surface area contributed by atoms with E-state index in [1.807, 2.05) is 0 Å². The molecular formula is C15H14F4N2OS. The number of hydrogen-bond donors (Lipinski definition) is 1. The number of hydrogen-bond acceptors (Lipinski definition) is 3. The van der Waals surface area contributed by atoms with Crippen LogP contribution in [0.5, 0.6) is 0 Å². The van der Waals surface area contributed by atoms with Crippen LogP contribution in [0.15, 0.2) is 29.8 Å². The highest BCUT2D eigenvalue weighted by Gasteiger charge is 2.37. The summed E-state index contributed by atoms with van der Waals surface area (Å²) >= 11 is 1.30. The zero-order chi connectivity index (χ0) is 17.3. The average Bonchev–Trinajstić information content (AvgIpc) is 3.00. The average molecular weight is 346 g/mol. The first kappa shape index (κ1) is 17.4. The normalized spacial score (nSPS) is 14.3. The van der Waals surface area contributed by atoms with Gasteiger partial charge >= 0.3 is 6.18 Å². The van der Waals surface area contributed by atoms with Gasteiger partial charge in [0.2, 0.25) is 0 Å². The first-order valence-corrected chi connectivity index (χ1v) is 7.64. The molecule has 1 heterocycles. The van der Waals surface area contributed by atoms with Crippen molar-refractivity contribution in [2.45, 2.75) is 32.0 Å². The number of nitrogens with one attached hydrogen (secondary N) is 1. The number of alkyl halides is 3. The number of carbonyl (C=O) groups excluding carboxylic acids is 1. The molecule has 1 N–H and O–H groups in total. The lowest BCUT2D eigenvalue weighted by Crippen LogP contribution is -2.43. The zero-order valence-electron chi connectivity index (χ0n) is 12.4. The van der Waals surface area contributed by atoms with Crippen molar-refractivity contribution in [3.8, 4) is 0 Å². The Labute approximate surface area is 134 Å². The van der Waals surface area contributed by atoms with Crippen molar-refractivity contribution in [1.29, 1.82) is 0 Å². The van der Waals surface area contributed by atoms with Crippen molar-refractivity contribution in [1.82, 2.24) is 10.3 Å². The van der Waals surface area contributed by atoms with Gasteiger partial charge in [-0.15, -0.1) is 11.3 Å².